The summed E-state index contributed by atoms with van der Waals surface area (Å²) in [5.74, 6) is 0. The zero-order valence-electron chi connectivity index (χ0n) is 35.8. The summed E-state index contributed by atoms with van der Waals surface area (Å²) in [6.45, 7) is 9.22. The first-order chi connectivity index (χ1) is 33.2. The van der Waals surface area contributed by atoms with Gasteiger partial charge in [0.2, 0.25) is 5.69 Å². The van der Waals surface area contributed by atoms with Crippen molar-refractivity contribution in [3.05, 3.63) is 223 Å². The fourth-order valence-electron chi connectivity index (χ4n) is 11.2. The van der Waals surface area contributed by atoms with Crippen LogP contribution in [0.4, 0.5) is 5.69 Å². The van der Waals surface area contributed by atoms with E-state index in [-0.39, 0.29) is 0 Å². The Labute approximate surface area is 384 Å². The lowest BCUT2D eigenvalue weighted by Crippen LogP contribution is -2.08. The summed E-state index contributed by atoms with van der Waals surface area (Å²) >= 11 is 0. The summed E-state index contributed by atoms with van der Waals surface area (Å²) < 4.78 is 11.2. The zero-order chi connectivity index (χ0) is 44.3. The third-order valence-corrected chi connectivity index (χ3v) is 13.9. The lowest BCUT2D eigenvalue weighted by atomic mass is 9.88. The topological polar surface area (TPSA) is 51.1 Å². The molecular weight excluding hydrogens is 817 g/mol. The standard InChI is InChI=1S/C62H34N4O/c1-64-59-55(37-17-4-2-5-18-37)49(36-63)60(65-50-29-12-10-23-43(50)48-35-39(33-34-51(48)65)40-25-14-28-47-44-24-11-13-32-54(44)67-62(40)47)56(38-19-6-3-7-20-38)61(59)66-52-30-15-26-45-41-21-8-9-22-42(41)46-27-16-31-53(66)58(46)57(45)52/h2-35H. The molecule has 14 aromatic rings. The van der Waals surface area contributed by atoms with Crippen LogP contribution in [-0.4, -0.2) is 9.13 Å². The first-order valence-electron chi connectivity index (χ1n) is 22.4. The molecule has 14 rings (SSSR count). The van der Waals surface area contributed by atoms with Crippen molar-refractivity contribution in [2.24, 2.45) is 0 Å². The summed E-state index contributed by atoms with van der Waals surface area (Å²) in [6, 6.07) is 74.4. The predicted molar refractivity (Wildman–Crippen MR) is 276 cm³/mol. The first-order valence-corrected chi connectivity index (χ1v) is 22.4. The molecule has 3 heterocycles. The van der Waals surface area contributed by atoms with Crippen LogP contribution < -0.4 is 0 Å². The van der Waals surface area contributed by atoms with Crippen LogP contribution in [0.15, 0.2) is 211 Å². The highest BCUT2D eigenvalue weighted by molar-refractivity contribution is 6.34. The van der Waals surface area contributed by atoms with Crippen LogP contribution in [0.5, 0.6) is 0 Å². The van der Waals surface area contributed by atoms with E-state index in [9.17, 15) is 11.8 Å². The van der Waals surface area contributed by atoms with Gasteiger partial charge >= 0.3 is 0 Å². The molecule has 0 bridgehead atoms. The van der Waals surface area contributed by atoms with E-state index in [4.69, 9.17) is 4.42 Å². The highest BCUT2D eigenvalue weighted by atomic mass is 16.3. The molecule has 0 unspecified atom stereocenters. The minimum atomic E-state index is 0.415. The van der Waals surface area contributed by atoms with Crippen LogP contribution in [-0.2, 0) is 0 Å². The summed E-state index contributed by atoms with van der Waals surface area (Å²) in [6.07, 6.45) is 0. The number of nitrogens with zero attached hydrogens (tertiary/aromatic N) is 4. The Morgan fingerprint density at radius 1 is 0.418 bits per heavy atom. The summed E-state index contributed by atoms with van der Waals surface area (Å²) in [4.78, 5) is 4.50. The molecule has 3 aromatic heterocycles. The summed E-state index contributed by atoms with van der Waals surface area (Å²) in [5.41, 5.74) is 13.0. The van der Waals surface area contributed by atoms with Gasteiger partial charge in [-0.3, -0.25) is 0 Å². The van der Waals surface area contributed by atoms with Crippen molar-refractivity contribution in [2.75, 3.05) is 0 Å². The Kier molecular flexibility index (Phi) is 7.75. The number of nitriles is 1. The molecule has 308 valence electrons. The van der Waals surface area contributed by atoms with Gasteiger partial charge in [-0.05, 0) is 74.6 Å². The van der Waals surface area contributed by atoms with Gasteiger partial charge in [-0.1, -0.05) is 170 Å². The molecule has 5 nitrogen and oxygen atoms in total. The highest BCUT2D eigenvalue weighted by Gasteiger charge is 2.32. The number of rotatable bonds is 5. The number of hydrogen-bond donors (Lipinski definition) is 0. The van der Waals surface area contributed by atoms with Crippen molar-refractivity contribution in [1.29, 1.82) is 5.26 Å². The normalized spacial score (nSPS) is 11.9. The minimum absolute atomic E-state index is 0.415. The number of aromatic nitrogens is 2. The molecule has 0 saturated carbocycles. The Balaban J connectivity index is 1.18. The molecule has 0 aliphatic rings. The number of fused-ring (bicyclic) bond motifs is 9. The van der Waals surface area contributed by atoms with E-state index < -0.39 is 0 Å². The van der Waals surface area contributed by atoms with E-state index in [1.54, 1.807) is 0 Å². The number of para-hydroxylation sites is 3. The maximum absolute atomic E-state index is 11.8. The second-order valence-electron chi connectivity index (χ2n) is 17.3. The average molecular weight is 851 g/mol. The van der Waals surface area contributed by atoms with Crippen molar-refractivity contribution < 1.29 is 4.42 Å². The highest BCUT2D eigenvalue weighted by Crippen LogP contribution is 2.53. The van der Waals surface area contributed by atoms with Crippen molar-refractivity contribution in [1.82, 2.24) is 9.13 Å². The monoisotopic (exact) mass is 850 g/mol. The zero-order valence-corrected chi connectivity index (χ0v) is 35.8. The number of furan rings is 1. The van der Waals surface area contributed by atoms with Crippen molar-refractivity contribution >= 4 is 92.8 Å². The molecule has 5 heteroatoms. The fraction of sp³-hybridized carbons (Fsp3) is 0. The van der Waals surface area contributed by atoms with Crippen LogP contribution in [0, 0.1) is 17.9 Å². The van der Waals surface area contributed by atoms with Crippen LogP contribution in [0.2, 0.25) is 0 Å². The Bertz CT molecular complexity index is 4370. The second-order valence-corrected chi connectivity index (χ2v) is 17.3. The minimum Gasteiger partial charge on any atom is -0.455 e. The van der Waals surface area contributed by atoms with E-state index in [1.807, 2.05) is 60.7 Å². The lowest BCUT2D eigenvalue weighted by Gasteiger charge is -2.25. The Morgan fingerprint density at radius 3 is 1.61 bits per heavy atom. The average Bonchev–Trinajstić information content (AvgIpc) is 4.06. The van der Waals surface area contributed by atoms with Crippen molar-refractivity contribution in [2.45, 2.75) is 0 Å². The predicted octanol–water partition coefficient (Wildman–Crippen LogP) is 16.9. The van der Waals surface area contributed by atoms with E-state index in [2.05, 4.69) is 166 Å². The van der Waals surface area contributed by atoms with Gasteiger partial charge in [-0.25, -0.2) is 4.85 Å². The molecule has 0 radical (unpaired) electrons. The summed E-state index contributed by atoms with van der Waals surface area (Å²) in [5, 5.41) is 23.1. The van der Waals surface area contributed by atoms with Crippen LogP contribution >= 0.6 is 0 Å². The maximum Gasteiger partial charge on any atom is 0.220 e. The second kappa shape index (κ2) is 14.0. The molecule has 0 aliphatic heterocycles. The van der Waals surface area contributed by atoms with Gasteiger partial charge < -0.3 is 13.6 Å². The van der Waals surface area contributed by atoms with Gasteiger partial charge in [0.05, 0.1) is 45.6 Å². The maximum atomic E-state index is 11.8. The third-order valence-electron chi connectivity index (χ3n) is 13.9. The molecule has 0 spiro atoms. The molecule has 0 saturated heterocycles. The van der Waals surface area contributed by atoms with E-state index in [0.29, 0.717) is 22.5 Å². The molecule has 11 aromatic carbocycles. The van der Waals surface area contributed by atoms with Crippen LogP contribution in [0.1, 0.15) is 5.56 Å². The molecule has 67 heavy (non-hydrogen) atoms. The van der Waals surface area contributed by atoms with E-state index in [0.717, 1.165) is 110 Å². The molecule has 0 N–H and O–H groups in total. The molecule has 0 aliphatic carbocycles. The van der Waals surface area contributed by atoms with Crippen molar-refractivity contribution in [3.63, 3.8) is 0 Å². The van der Waals surface area contributed by atoms with Gasteiger partial charge in [0.15, 0.2) is 0 Å². The largest absolute Gasteiger partial charge is 0.455 e. The number of hydrogen-bond acceptors (Lipinski definition) is 2. The molecular formula is C62H34N4O. The Morgan fingerprint density at radius 2 is 0.940 bits per heavy atom. The van der Waals surface area contributed by atoms with Gasteiger partial charge in [0, 0.05) is 49.0 Å². The van der Waals surface area contributed by atoms with Crippen molar-refractivity contribution in [3.8, 4) is 50.8 Å². The summed E-state index contributed by atoms with van der Waals surface area (Å²) in [7, 11) is 0. The van der Waals surface area contributed by atoms with Gasteiger partial charge in [-0.2, -0.15) is 5.26 Å². The number of benzene rings is 11. The quantitative estimate of drug-likeness (QED) is 0.128. The lowest BCUT2D eigenvalue weighted by molar-refractivity contribution is 0.670. The van der Waals surface area contributed by atoms with E-state index >= 15 is 0 Å². The van der Waals surface area contributed by atoms with Crippen LogP contribution in [0.3, 0.4) is 0 Å². The Hall–Kier alpha value is -9.42. The van der Waals surface area contributed by atoms with Crippen LogP contribution in [0.25, 0.3) is 137 Å². The SMILES string of the molecule is [C-]#[N+]c1c(-c2ccccc2)c(C#N)c(-n2c3ccccc3c3cc(-c4cccc5c4oc4ccccc45)ccc32)c(-c2ccccc2)c1-n1c2cccc3c4ccccc4c4cccc1c4c32. The fourth-order valence-corrected chi connectivity index (χ4v) is 11.2. The van der Waals surface area contributed by atoms with Gasteiger partial charge in [-0.15, -0.1) is 0 Å². The van der Waals surface area contributed by atoms with E-state index in [1.165, 1.54) is 10.8 Å². The third kappa shape index (κ3) is 5.06. The van der Waals surface area contributed by atoms with Gasteiger partial charge in [0.1, 0.15) is 17.2 Å². The smallest absolute Gasteiger partial charge is 0.220 e. The molecule has 0 atom stereocenters. The first kappa shape index (κ1) is 37.0. The van der Waals surface area contributed by atoms with Gasteiger partial charge in [0.25, 0.3) is 0 Å². The molecule has 0 amide bonds. The molecule has 0 fully saturated rings.